The molecule has 0 aliphatic rings. The highest BCUT2D eigenvalue weighted by atomic mass is 32.2. The fourth-order valence-electron chi connectivity index (χ4n) is 4.10. The van der Waals surface area contributed by atoms with Crippen molar-refractivity contribution in [2.24, 2.45) is 0 Å². The van der Waals surface area contributed by atoms with Gasteiger partial charge in [0.2, 0.25) is 0 Å². The topological polar surface area (TPSA) is 31.6 Å². The third kappa shape index (κ3) is 7.63. The van der Waals surface area contributed by atoms with E-state index in [9.17, 15) is 0 Å². The number of benzene rings is 2. The Bertz CT molecular complexity index is 968. The van der Waals surface area contributed by atoms with Gasteiger partial charge in [0.25, 0.3) is 0 Å². The van der Waals surface area contributed by atoms with E-state index < -0.39 is 0 Å². The van der Waals surface area contributed by atoms with Crippen molar-refractivity contribution in [3.05, 3.63) is 72.1 Å². The van der Waals surface area contributed by atoms with Crippen molar-refractivity contribution in [1.29, 1.82) is 0 Å². The van der Waals surface area contributed by atoms with E-state index in [1.165, 1.54) is 33.2 Å². The Morgan fingerprint density at radius 2 is 1.12 bits per heavy atom. The SMILES string of the molecule is SCCSCC(Cc1cc2ccccc2[nH]1)SC(CSCCS)Cc1cc2ccccc2[nH]1. The fourth-order valence-corrected chi connectivity index (χ4v) is 8.53. The van der Waals surface area contributed by atoms with E-state index in [-0.39, 0.29) is 0 Å². The van der Waals surface area contributed by atoms with Crippen LogP contribution in [0.5, 0.6) is 0 Å². The summed E-state index contributed by atoms with van der Waals surface area (Å²) in [6.45, 7) is 0. The molecule has 2 atom stereocenters. The van der Waals surface area contributed by atoms with Crippen molar-refractivity contribution in [1.82, 2.24) is 9.97 Å². The lowest BCUT2D eigenvalue weighted by atomic mass is 10.2. The number of H-pyrrole nitrogens is 2. The zero-order chi connectivity index (χ0) is 22.9. The first-order chi connectivity index (χ1) is 16.2. The minimum absolute atomic E-state index is 0.564. The highest BCUT2D eigenvalue weighted by Crippen LogP contribution is 2.31. The molecule has 0 radical (unpaired) electrons. The first kappa shape index (κ1) is 25.4. The molecule has 0 spiro atoms. The Morgan fingerprint density at radius 1 is 0.667 bits per heavy atom. The summed E-state index contributed by atoms with van der Waals surface area (Å²) in [5, 5.41) is 3.74. The molecular weight excluding hydrogens is 501 g/mol. The van der Waals surface area contributed by atoms with Crippen molar-refractivity contribution in [3.63, 3.8) is 0 Å². The Kier molecular flexibility index (Phi) is 10.3. The molecule has 2 aromatic carbocycles. The lowest BCUT2D eigenvalue weighted by Gasteiger charge is -2.23. The molecule has 33 heavy (non-hydrogen) atoms. The lowest BCUT2D eigenvalue weighted by molar-refractivity contribution is 0.882. The average molecular weight is 533 g/mol. The van der Waals surface area contributed by atoms with Crippen molar-refractivity contribution >= 4 is 82.3 Å². The molecule has 4 rings (SSSR count). The van der Waals surface area contributed by atoms with Gasteiger partial charge < -0.3 is 9.97 Å². The van der Waals surface area contributed by atoms with Crippen LogP contribution in [-0.4, -0.2) is 55.0 Å². The summed E-state index contributed by atoms with van der Waals surface area (Å²) in [7, 11) is 0. The molecule has 0 aliphatic carbocycles. The summed E-state index contributed by atoms with van der Waals surface area (Å²) in [5.74, 6) is 6.39. The summed E-state index contributed by atoms with van der Waals surface area (Å²) >= 11 is 15.1. The Balaban J connectivity index is 1.48. The van der Waals surface area contributed by atoms with Crippen molar-refractivity contribution in [3.8, 4) is 0 Å². The van der Waals surface area contributed by atoms with Crippen LogP contribution in [0.25, 0.3) is 21.8 Å². The molecule has 0 amide bonds. The van der Waals surface area contributed by atoms with Gasteiger partial charge in [0.05, 0.1) is 0 Å². The van der Waals surface area contributed by atoms with Crippen LogP contribution in [0.4, 0.5) is 0 Å². The maximum Gasteiger partial charge on any atom is 0.0456 e. The molecule has 0 bridgehead atoms. The summed E-state index contributed by atoms with van der Waals surface area (Å²) in [4.78, 5) is 7.30. The van der Waals surface area contributed by atoms with Crippen LogP contribution in [0.2, 0.25) is 0 Å². The third-order valence-electron chi connectivity index (χ3n) is 5.53. The number of thioether (sulfide) groups is 3. The van der Waals surface area contributed by atoms with Crippen LogP contribution in [0.3, 0.4) is 0 Å². The summed E-state index contributed by atoms with van der Waals surface area (Å²) < 4.78 is 0. The number of hydrogen-bond acceptors (Lipinski definition) is 5. The number of hydrogen-bond donors (Lipinski definition) is 4. The summed E-state index contributed by atoms with van der Waals surface area (Å²) in [5.41, 5.74) is 5.15. The van der Waals surface area contributed by atoms with Crippen LogP contribution in [0, 0.1) is 0 Å². The van der Waals surface area contributed by atoms with E-state index in [1.807, 2.05) is 23.5 Å². The van der Waals surface area contributed by atoms with Crippen molar-refractivity contribution in [2.75, 3.05) is 34.5 Å². The fraction of sp³-hybridized carbons (Fsp3) is 0.385. The van der Waals surface area contributed by atoms with Gasteiger partial charge in [0.15, 0.2) is 0 Å². The molecule has 2 heterocycles. The quantitative estimate of drug-likeness (QED) is 0.102. The van der Waals surface area contributed by atoms with E-state index in [0.29, 0.717) is 10.5 Å². The molecule has 2 unspecified atom stereocenters. The molecule has 0 aliphatic heterocycles. The van der Waals surface area contributed by atoms with Gasteiger partial charge in [-0.15, -0.1) is 0 Å². The highest BCUT2D eigenvalue weighted by molar-refractivity contribution is 8.05. The molecule has 176 valence electrons. The lowest BCUT2D eigenvalue weighted by Crippen LogP contribution is -2.20. The highest BCUT2D eigenvalue weighted by Gasteiger charge is 2.20. The Morgan fingerprint density at radius 3 is 1.55 bits per heavy atom. The molecule has 0 saturated carbocycles. The molecule has 0 fully saturated rings. The second kappa shape index (κ2) is 13.4. The molecule has 4 aromatic rings. The van der Waals surface area contributed by atoms with Gasteiger partial charge >= 0.3 is 0 Å². The van der Waals surface area contributed by atoms with Crippen LogP contribution in [0.1, 0.15) is 11.4 Å². The molecule has 0 saturated heterocycles. The van der Waals surface area contributed by atoms with Gasteiger partial charge in [-0.2, -0.15) is 60.5 Å². The molecule has 2 N–H and O–H groups in total. The van der Waals surface area contributed by atoms with E-state index in [2.05, 4.69) is 108 Å². The minimum atomic E-state index is 0.564. The number of aromatic nitrogens is 2. The standard InChI is InChI=1S/C26H32N2S5/c29-9-11-31-17-23(15-21-13-19-5-1-3-7-25(19)27-21)33-24(18-32-12-10-30)16-22-14-20-6-2-4-8-26(20)28-22/h1-8,13-14,23-24,27-30H,9-12,15-18H2. The largest absolute Gasteiger partial charge is 0.358 e. The molecular formula is C26H32N2S5. The first-order valence-corrected chi connectivity index (χ1v) is 15.9. The van der Waals surface area contributed by atoms with Crippen molar-refractivity contribution in [2.45, 2.75) is 23.3 Å². The van der Waals surface area contributed by atoms with Gasteiger partial charge in [-0.05, 0) is 46.5 Å². The van der Waals surface area contributed by atoms with Crippen LogP contribution in [0.15, 0.2) is 60.7 Å². The second-order valence-corrected chi connectivity index (χ2v) is 12.9. The van der Waals surface area contributed by atoms with E-state index >= 15 is 0 Å². The third-order valence-corrected chi connectivity index (χ3v) is 10.7. The van der Waals surface area contributed by atoms with Gasteiger partial charge in [0, 0.05) is 68.8 Å². The first-order valence-electron chi connectivity index (χ1n) is 11.4. The van der Waals surface area contributed by atoms with Gasteiger partial charge in [-0.3, -0.25) is 0 Å². The number of para-hydroxylation sites is 2. The maximum absolute atomic E-state index is 4.42. The van der Waals surface area contributed by atoms with E-state index in [4.69, 9.17) is 0 Å². The minimum Gasteiger partial charge on any atom is -0.358 e. The normalized spacial score (nSPS) is 13.6. The zero-order valence-corrected chi connectivity index (χ0v) is 22.9. The smallest absolute Gasteiger partial charge is 0.0456 e. The Hall–Kier alpha value is -0.730. The number of aromatic amines is 2. The second-order valence-electron chi connectivity index (χ2n) is 8.15. The number of rotatable bonds is 14. The van der Waals surface area contributed by atoms with E-state index in [1.54, 1.807) is 0 Å². The summed E-state index contributed by atoms with van der Waals surface area (Å²) in [6.07, 6.45) is 2.14. The number of nitrogens with one attached hydrogen (secondary N) is 2. The van der Waals surface area contributed by atoms with Crippen LogP contribution in [-0.2, 0) is 12.8 Å². The Labute approximate surface area is 221 Å². The molecule has 7 heteroatoms. The number of thiol groups is 2. The van der Waals surface area contributed by atoms with Gasteiger partial charge in [-0.25, -0.2) is 0 Å². The van der Waals surface area contributed by atoms with E-state index in [0.717, 1.165) is 47.4 Å². The summed E-state index contributed by atoms with van der Waals surface area (Å²) in [6, 6.07) is 21.8. The van der Waals surface area contributed by atoms with Crippen LogP contribution >= 0.6 is 60.5 Å². The van der Waals surface area contributed by atoms with Gasteiger partial charge in [-0.1, -0.05) is 36.4 Å². The number of fused-ring (bicyclic) bond motifs is 2. The predicted octanol–water partition coefficient (Wildman–Crippen LogP) is 7.23. The molecule has 2 nitrogen and oxygen atoms in total. The van der Waals surface area contributed by atoms with Gasteiger partial charge in [0.1, 0.15) is 0 Å². The van der Waals surface area contributed by atoms with Crippen LogP contribution < -0.4 is 0 Å². The molecule has 2 aromatic heterocycles. The van der Waals surface area contributed by atoms with Crippen molar-refractivity contribution < 1.29 is 0 Å². The maximum atomic E-state index is 4.42. The predicted molar refractivity (Wildman–Crippen MR) is 162 cm³/mol. The zero-order valence-electron chi connectivity index (χ0n) is 18.7. The average Bonchev–Trinajstić information content (AvgIpc) is 3.42. The monoisotopic (exact) mass is 532 g/mol.